The van der Waals surface area contributed by atoms with Gasteiger partial charge in [0.15, 0.2) is 0 Å². The summed E-state index contributed by atoms with van der Waals surface area (Å²) < 4.78 is 27.9. The van der Waals surface area contributed by atoms with Crippen LogP contribution < -0.4 is 0 Å². The predicted molar refractivity (Wildman–Crippen MR) is 112 cm³/mol. The third kappa shape index (κ3) is 2.44. The molecule has 0 aliphatic carbocycles. The highest BCUT2D eigenvalue weighted by atomic mass is 35.5. The van der Waals surface area contributed by atoms with E-state index in [2.05, 4.69) is 0 Å². The first-order valence-electron chi connectivity index (χ1n) is 9.06. The zero-order valence-electron chi connectivity index (χ0n) is 15.0. The molecule has 0 unspecified atom stereocenters. The van der Waals surface area contributed by atoms with Gasteiger partial charge in [-0.2, -0.15) is 0 Å². The van der Waals surface area contributed by atoms with E-state index in [4.69, 9.17) is 23.2 Å². The number of amides is 1. The van der Waals surface area contributed by atoms with Gasteiger partial charge in [0.05, 0.1) is 4.90 Å². The second kappa shape index (κ2) is 6.33. The molecule has 2 atom stereocenters. The average Bonchev–Trinajstić information content (AvgIpc) is 3.12. The number of carbonyl (C=O) groups is 1. The van der Waals surface area contributed by atoms with Gasteiger partial charge in [0, 0.05) is 27.9 Å². The van der Waals surface area contributed by atoms with Crippen molar-refractivity contribution in [2.45, 2.75) is 22.8 Å². The molecule has 1 amide bonds. The van der Waals surface area contributed by atoms with E-state index in [1.807, 2.05) is 30.3 Å². The van der Waals surface area contributed by atoms with Crippen LogP contribution in [0, 0.1) is 0 Å². The normalized spacial score (nSPS) is 24.4. The summed E-state index contributed by atoms with van der Waals surface area (Å²) in [4.78, 5) is 13.3. The van der Waals surface area contributed by atoms with Crippen LogP contribution in [-0.2, 0) is 20.4 Å². The van der Waals surface area contributed by atoms with Gasteiger partial charge in [-0.1, -0.05) is 71.7 Å². The summed E-state index contributed by atoms with van der Waals surface area (Å²) >= 11 is 12.5. The van der Waals surface area contributed by atoms with Gasteiger partial charge in [-0.15, -0.1) is 0 Å². The SMILES string of the molecule is O=C1C[C@H](c2cc(Cl)cc(Cl)c2)[C@@]2(c3ccccc3)c3ccccc3S(=O)(=O)N12. The van der Waals surface area contributed by atoms with E-state index in [1.54, 1.807) is 42.5 Å². The van der Waals surface area contributed by atoms with Crippen molar-refractivity contribution in [3.8, 4) is 0 Å². The van der Waals surface area contributed by atoms with E-state index in [-0.39, 0.29) is 11.3 Å². The predicted octanol–water partition coefficient (Wildman–Crippen LogP) is 4.96. The molecule has 0 N–H and O–H groups in total. The molecule has 3 aromatic rings. The summed E-state index contributed by atoms with van der Waals surface area (Å²) in [6, 6.07) is 21.2. The number of sulfonamides is 1. The summed E-state index contributed by atoms with van der Waals surface area (Å²) in [5.41, 5.74) is 0.884. The molecule has 29 heavy (non-hydrogen) atoms. The van der Waals surface area contributed by atoms with E-state index in [1.165, 1.54) is 0 Å². The minimum atomic E-state index is -3.98. The lowest BCUT2D eigenvalue weighted by molar-refractivity contribution is -0.125. The van der Waals surface area contributed by atoms with Crippen molar-refractivity contribution >= 4 is 39.1 Å². The van der Waals surface area contributed by atoms with Gasteiger partial charge in [-0.05, 0) is 35.4 Å². The minimum Gasteiger partial charge on any atom is -0.274 e. The first-order valence-corrected chi connectivity index (χ1v) is 11.3. The third-order valence-corrected chi connectivity index (χ3v) is 8.07. The Bertz CT molecular complexity index is 1240. The highest BCUT2D eigenvalue weighted by Crippen LogP contribution is 2.61. The molecular weight excluding hydrogens is 429 g/mol. The number of benzene rings is 3. The fraction of sp³-hybridized carbons (Fsp3) is 0.136. The number of carbonyl (C=O) groups excluding carboxylic acids is 1. The Balaban J connectivity index is 1.91. The van der Waals surface area contributed by atoms with E-state index in [9.17, 15) is 13.2 Å². The molecular formula is C22H15Cl2NO3S. The Kier molecular flexibility index (Phi) is 4.07. The molecule has 4 nitrogen and oxygen atoms in total. The first-order chi connectivity index (χ1) is 13.9. The van der Waals surface area contributed by atoms with Crippen LogP contribution in [0.5, 0.6) is 0 Å². The van der Waals surface area contributed by atoms with Crippen molar-refractivity contribution < 1.29 is 13.2 Å². The van der Waals surface area contributed by atoms with E-state index < -0.39 is 27.4 Å². The summed E-state index contributed by atoms with van der Waals surface area (Å²) in [6.45, 7) is 0. The lowest BCUT2D eigenvalue weighted by atomic mass is 9.71. The van der Waals surface area contributed by atoms with Gasteiger partial charge >= 0.3 is 0 Å². The Morgan fingerprint density at radius 3 is 2.21 bits per heavy atom. The number of rotatable bonds is 2. The van der Waals surface area contributed by atoms with Gasteiger partial charge in [0.2, 0.25) is 5.91 Å². The molecule has 0 bridgehead atoms. The van der Waals surface area contributed by atoms with Gasteiger partial charge in [0.1, 0.15) is 5.54 Å². The molecule has 1 fully saturated rings. The lowest BCUT2D eigenvalue weighted by Crippen LogP contribution is -2.44. The molecule has 0 radical (unpaired) electrons. The average molecular weight is 444 g/mol. The zero-order chi connectivity index (χ0) is 20.4. The van der Waals surface area contributed by atoms with Crippen LogP contribution in [0.25, 0.3) is 0 Å². The summed E-state index contributed by atoms with van der Waals surface area (Å²) in [5, 5.41) is 0.881. The third-order valence-electron chi connectivity index (χ3n) is 5.75. The first kappa shape index (κ1) is 18.7. The highest BCUT2D eigenvalue weighted by Gasteiger charge is 2.65. The molecule has 0 spiro atoms. The van der Waals surface area contributed by atoms with Gasteiger partial charge in [-0.3, -0.25) is 4.79 Å². The second-order valence-electron chi connectivity index (χ2n) is 7.25. The maximum absolute atomic E-state index is 13.4. The number of hydrogen-bond acceptors (Lipinski definition) is 3. The molecule has 3 aromatic carbocycles. The van der Waals surface area contributed by atoms with Crippen LogP contribution in [0.2, 0.25) is 10.0 Å². The van der Waals surface area contributed by atoms with Gasteiger partial charge in [0.25, 0.3) is 10.0 Å². The molecule has 0 aromatic heterocycles. The Labute approximate surface area is 178 Å². The van der Waals surface area contributed by atoms with Crippen molar-refractivity contribution in [1.29, 1.82) is 0 Å². The van der Waals surface area contributed by atoms with Crippen LogP contribution in [-0.4, -0.2) is 18.6 Å². The van der Waals surface area contributed by atoms with Gasteiger partial charge < -0.3 is 0 Å². The van der Waals surface area contributed by atoms with Crippen molar-refractivity contribution in [3.63, 3.8) is 0 Å². The molecule has 2 aliphatic rings. The Morgan fingerprint density at radius 2 is 1.52 bits per heavy atom. The van der Waals surface area contributed by atoms with E-state index in [0.29, 0.717) is 15.6 Å². The second-order valence-corrected chi connectivity index (χ2v) is 9.88. The van der Waals surface area contributed by atoms with Crippen molar-refractivity contribution in [3.05, 3.63) is 99.5 Å². The van der Waals surface area contributed by atoms with Crippen LogP contribution in [0.4, 0.5) is 0 Å². The maximum atomic E-state index is 13.4. The lowest BCUT2D eigenvalue weighted by Gasteiger charge is -2.37. The molecule has 7 heteroatoms. The Morgan fingerprint density at radius 1 is 0.897 bits per heavy atom. The molecule has 2 heterocycles. The van der Waals surface area contributed by atoms with E-state index >= 15 is 0 Å². The van der Waals surface area contributed by atoms with Crippen LogP contribution in [0.1, 0.15) is 29.0 Å². The van der Waals surface area contributed by atoms with Crippen molar-refractivity contribution in [1.82, 2.24) is 4.31 Å². The largest absolute Gasteiger partial charge is 0.274 e. The van der Waals surface area contributed by atoms with Crippen LogP contribution >= 0.6 is 23.2 Å². The standard InChI is InChI=1S/C22H15Cl2NO3S/c23-16-10-14(11-17(24)12-16)19-13-21(26)25-22(19,15-6-2-1-3-7-15)18-8-4-5-9-20(18)29(25,27)28/h1-12,19H,13H2/t19-,22-/m1/s1. The zero-order valence-corrected chi connectivity index (χ0v) is 17.4. The number of fused-ring (bicyclic) bond motifs is 3. The fourth-order valence-corrected chi connectivity index (χ4v) is 7.32. The smallest absolute Gasteiger partial charge is 0.268 e. The highest BCUT2D eigenvalue weighted by molar-refractivity contribution is 7.90. The quantitative estimate of drug-likeness (QED) is 0.562. The monoisotopic (exact) mass is 443 g/mol. The minimum absolute atomic E-state index is 0.0408. The molecule has 146 valence electrons. The maximum Gasteiger partial charge on any atom is 0.268 e. The summed E-state index contributed by atoms with van der Waals surface area (Å²) in [6.07, 6.45) is 0.0408. The Hall–Kier alpha value is -2.34. The van der Waals surface area contributed by atoms with Crippen LogP contribution in [0.15, 0.2) is 77.7 Å². The fourth-order valence-electron chi connectivity index (χ4n) is 4.77. The topological polar surface area (TPSA) is 54.5 Å². The summed E-state index contributed by atoms with van der Waals surface area (Å²) in [7, 11) is -3.98. The van der Waals surface area contributed by atoms with Crippen molar-refractivity contribution in [2.75, 3.05) is 0 Å². The number of halogens is 2. The summed E-state index contributed by atoms with van der Waals surface area (Å²) in [5.74, 6) is -0.904. The molecule has 1 saturated heterocycles. The van der Waals surface area contributed by atoms with Crippen LogP contribution in [0.3, 0.4) is 0 Å². The molecule has 5 rings (SSSR count). The number of nitrogens with zero attached hydrogens (tertiary/aromatic N) is 1. The molecule has 2 aliphatic heterocycles. The van der Waals surface area contributed by atoms with Gasteiger partial charge in [-0.25, -0.2) is 12.7 Å². The molecule has 0 saturated carbocycles. The number of hydrogen-bond donors (Lipinski definition) is 0. The van der Waals surface area contributed by atoms with E-state index in [0.717, 1.165) is 15.4 Å². The van der Waals surface area contributed by atoms with Crippen molar-refractivity contribution in [2.24, 2.45) is 0 Å².